The molecule has 0 N–H and O–H groups in total. The number of aryl methyl sites for hydroxylation is 1. The minimum Gasteiger partial charge on any atom is -0.456 e. The van der Waals surface area contributed by atoms with Gasteiger partial charge in [0.05, 0.1) is 21.8 Å². The number of halogens is 1. The molecule has 4 rings (SSSR count). The van der Waals surface area contributed by atoms with Crippen LogP contribution >= 0.6 is 33.9 Å². The quantitative estimate of drug-likeness (QED) is 0.118. The summed E-state index contributed by atoms with van der Waals surface area (Å²) in [6, 6.07) is 18.5. The van der Waals surface area contributed by atoms with Crippen molar-refractivity contribution in [3.8, 4) is 28.7 Å². The summed E-state index contributed by atoms with van der Waals surface area (Å²) in [4.78, 5) is 15.6. The van der Waals surface area contributed by atoms with Crippen molar-refractivity contribution in [1.29, 1.82) is 5.26 Å². The fourth-order valence-corrected chi connectivity index (χ4v) is 4.17. The van der Waals surface area contributed by atoms with Crippen molar-refractivity contribution in [2.24, 2.45) is 0 Å². The highest BCUT2D eigenvalue weighted by atomic mass is 127. The number of thiazole rings is 1. The predicted octanol–water partition coefficient (Wildman–Crippen LogP) is 6.96. The molecule has 2 aromatic heterocycles. The topological polar surface area (TPSA) is 93.0 Å². The van der Waals surface area contributed by atoms with Crippen molar-refractivity contribution in [2.45, 2.75) is 6.92 Å². The highest BCUT2D eigenvalue weighted by Crippen LogP contribution is 2.33. The summed E-state index contributed by atoms with van der Waals surface area (Å²) in [5.74, 6) is 0.793. The van der Waals surface area contributed by atoms with Crippen molar-refractivity contribution in [2.75, 3.05) is 0 Å². The smallest absolute Gasteiger partial charge is 0.280 e. The normalized spacial score (nSPS) is 11.3. The van der Waals surface area contributed by atoms with Crippen LogP contribution in [-0.2, 0) is 0 Å². The lowest BCUT2D eigenvalue weighted by Crippen LogP contribution is -1.92. The van der Waals surface area contributed by atoms with E-state index in [-0.39, 0.29) is 5.69 Å². The molecule has 2 aromatic carbocycles. The van der Waals surface area contributed by atoms with E-state index in [0.29, 0.717) is 27.7 Å². The molecular weight excluding hydrogens is 525 g/mol. The SMILES string of the molecule is Cc1ccc(-c2ccc(/C=C(\C#N)c3nc(-c4ccc(I)cc4)cs3)o2)c([N+](=O)[O-])c1. The molecule has 0 bridgehead atoms. The second kappa shape index (κ2) is 8.83. The van der Waals surface area contributed by atoms with Gasteiger partial charge in [0.2, 0.25) is 0 Å². The first-order chi connectivity index (χ1) is 14.9. The van der Waals surface area contributed by atoms with Crippen molar-refractivity contribution >= 4 is 51.3 Å². The Morgan fingerprint density at radius 3 is 2.71 bits per heavy atom. The Morgan fingerprint density at radius 2 is 2.00 bits per heavy atom. The molecule has 0 aliphatic heterocycles. The van der Waals surface area contributed by atoms with E-state index in [0.717, 1.165) is 20.4 Å². The maximum absolute atomic E-state index is 11.4. The lowest BCUT2D eigenvalue weighted by atomic mass is 10.1. The molecule has 6 nitrogen and oxygen atoms in total. The summed E-state index contributed by atoms with van der Waals surface area (Å²) in [6.45, 7) is 1.80. The highest BCUT2D eigenvalue weighted by molar-refractivity contribution is 14.1. The molecule has 0 fully saturated rings. The van der Waals surface area contributed by atoms with Crippen LogP contribution < -0.4 is 0 Å². The van der Waals surface area contributed by atoms with Crippen LogP contribution in [0.2, 0.25) is 0 Å². The fourth-order valence-electron chi connectivity index (χ4n) is 3.01. The van der Waals surface area contributed by atoms with Crippen molar-refractivity contribution in [3.05, 3.63) is 90.0 Å². The molecule has 0 aliphatic rings. The molecular formula is C23H14IN3O3S. The van der Waals surface area contributed by atoms with E-state index in [4.69, 9.17) is 4.42 Å². The van der Waals surface area contributed by atoms with E-state index in [1.807, 2.05) is 29.6 Å². The lowest BCUT2D eigenvalue weighted by Gasteiger charge is -2.01. The van der Waals surface area contributed by atoms with Gasteiger partial charge in [-0.05, 0) is 65.4 Å². The number of nitro groups is 1. The Hall–Kier alpha value is -3.29. The number of furan rings is 1. The van der Waals surface area contributed by atoms with Crippen LogP contribution in [-0.4, -0.2) is 9.91 Å². The number of hydrogen-bond acceptors (Lipinski definition) is 6. The van der Waals surface area contributed by atoms with Crippen LogP contribution in [0.1, 0.15) is 16.3 Å². The van der Waals surface area contributed by atoms with Gasteiger partial charge in [0.25, 0.3) is 5.69 Å². The van der Waals surface area contributed by atoms with Crippen LogP contribution in [0.15, 0.2) is 64.4 Å². The van der Waals surface area contributed by atoms with E-state index in [9.17, 15) is 15.4 Å². The average Bonchev–Trinajstić information content (AvgIpc) is 3.42. The van der Waals surface area contributed by atoms with Gasteiger partial charge in [-0.1, -0.05) is 18.2 Å². The lowest BCUT2D eigenvalue weighted by molar-refractivity contribution is -0.384. The van der Waals surface area contributed by atoms with Gasteiger partial charge in [-0.2, -0.15) is 5.26 Å². The number of aromatic nitrogens is 1. The molecule has 152 valence electrons. The molecule has 31 heavy (non-hydrogen) atoms. The van der Waals surface area contributed by atoms with E-state index < -0.39 is 4.92 Å². The van der Waals surface area contributed by atoms with E-state index in [1.54, 1.807) is 37.3 Å². The van der Waals surface area contributed by atoms with Gasteiger partial charge < -0.3 is 4.42 Å². The number of rotatable bonds is 5. The molecule has 0 amide bonds. The van der Waals surface area contributed by atoms with Crippen LogP contribution in [0.5, 0.6) is 0 Å². The first-order valence-electron chi connectivity index (χ1n) is 9.13. The largest absolute Gasteiger partial charge is 0.456 e. The van der Waals surface area contributed by atoms with Gasteiger partial charge in [-0.25, -0.2) is 4.98 Å². The first kappa shape index (κ1) is 21.0. The third-order valence-corrected chi connectivity index (χ3v) is 6.12. The van der Waals surface area contributed by atoms with Crippen LogP contribution in [0, 0.1) is 31.9 Å². The van der Waals surface area contributed by atoms with Gasteiger partial charge in [0.15, 0.2) is 0 Å². The molecule has 0 aliphatic carbocycles. The summed E-state index contributed by atoms with van der Waals surface area (Å²) < 4.78 is 6.94. The van der Waals surface area contributed by atoms with Crippen molar-refractivity contribution in [3.63, 3.8) is 0 Å². The Bertz CT molecular complexity index is 1350. The van der Waals surface area contributed by atoms with Crippen molar-refractivity contribution in [1.82, 2.24) is 4.98 Å². The number of hydrogen-bond donors (Lipinski definition) is 0. The molecule has 2 heterocycles. The number of nitro benzene ring substituents is 1. The summed E-state index contributed by atoms with van der Waals surface area (Å²) in [5, 5.41) is 23.5. The van der Waals surface area contributed by atoms with Gasteiger partial charge in [-0.3, -0.25) is 10.1 Å². The number of allylic oxidation sites excluding steroid dienone is 1. The summed E-state index contributed by atoms with van der Waals surface area (Å²) >= 11 is 3.62. The van der Waals surface area contributed by atoms with E-state index >= 15 is 0 Å². The second-order valence-corrected chi connectivity index (χ2v) is 8.80. The molecule has 8 heteroatoms. The Kier molecular flexibility index (Phi) is 5.97. The number of nitriles is 1. The molecule has 4 aromatic rings. The Labute approximate surface area is 195 Å². The molecule has 0 saturated carbocycles. The molecule has 0 spiro atoms. The standard InChI is InChI=1S/C23H14IN3O3S/c1-14-2-8-19(21(10-14)27(28)29)22-9-7-18(30-22)11-16(12-25)23-26-20(13-31-23)15-3-5-17(24)6-4-15/h2-11,13H,1H3/b16-11+. The van der Waals surface area contributed by atoms with Crippen LogP contribution in [0.25, 0.3) is 34.2 Å². The summed E-state index contributed by atoms with van der Waals surface area (Å²) in [5.41, 5.74) is 3.30. The molecule has 0 atom stereocenters. The fraction of sp³-hybridized carbons (Fsp3) is 0.0435. The second-order valence-electron chi connectivity index (χ2n) is 6.69. The third kappa shape index (κ3) is 4.57. The van der Waals surface area contributed by atoms with Crippen molar-refractivity contribution < 1.29 is 9.34 Å². The average molecular weight is 539 g/mol. The maximum Gasteiger partial charge on any atom is 0.280 e. The maximum atomic E-state index is 11.4. The van der Waals surface area contributed by atoms with Crippen LogP contribution in [0.4, 0.5) is 5.69 Å². The minimum atomic E-state index is -0.428. The zero-order valence-corrected chi connectivity index (χ0v) is 19.2. The summed E-state index contributed by atoms with van der Waals surface area (Å²) in [7, 11) is 0. The minimum absolute atomic E-state index is 0.0209. The van der Waals surface area contributed by atoms with Gasteiger partial charge in [-0.15, -0.1) is 11.3 Å². The molecule has 0 unspecified atom stereocenters. The zero-order valence-electron chi connectivity index (χ0n) is 16.2. The van der Waals surface area contributed by atoms with Gasteiger partial charge >= 0.3 is 0 Å². The van der Waals surface area contributed by atoms with Crippen LogP contribution in [0.3, 0.4) is 0 Å². The van der Waals surface area contributed by atoms with E-state index in [1.165, 1.54) is 17.4 Å². The third-order valence-electron chi connectivity index (χ3n) is 4.52. The predicted molar refractivity (Wildman–Crippen MR) is 129 cm³/mol. The number of nitrogens with zero attached hydrogens (tertiary/aromatic N) is 3. The Balaban J connectivity index is 1.65. The first-order valence-corrected chi connectivity index (χ1v) is 11.1. The van der Waals surface area contributed by atoms with Gasteiger partial charge in [0, 0.05) is 26.7 Å². The van der Waals surface area contributed by atoms with Gasteiger partial charge in [0.1, 0.15) is 22.6 Å². The monoisotopic (exact) mass is 539 g/mol. The Morgan fingerprint density at radius 1 is 1.23 bits per heavy atom. The number of benzene rings is 2. The molecule has 0 saturated heterocycles. The molecule has 0 radical (unpaired) electrons. The summed E-state index contributed by atoms with van der Waals surface area (Å²) in [6.07, 6.45) is 1.60. The van der Waals surface area contributed by atoms with E-state index in [2.05, 4.69) is 33.6 Å². The highest BCUT2D eigenvalue weighted by Gasteiger charge is 2.18. The zero-order chi connectivity index (χ0) is 22.0.